The van der Waals surface area contributed by atoms with Crippen molar-refractivity contribution in [3.8, 4) is 0 Å². The summed E-state index contributed by atoms with van der Waals surface area (Å²) in [6.07, 6.45) is 10.8. The van der Waals surface area contributed by atoms with Gasteiger partial charge in [-0.2, -0.15) is 0 Å². The van der Waals surface area contributed by atoms with Gasteiger partial charge in [-0.15, -0.1) is 6.58 Å². The van der Waals surface area contributed by atoms with Gasteiger partial charge in [0, 0.05) is 5.92 Å². The number of ether oxygens (including phenoxy) is 2. The first kappa shape index (κ1) is 22.9. The lowest BCUT2D eigenvalue weighted by atomic mass is 9.69. The van der Waals surface area contributed by atoms with Crippen LogP contribution in [0.15, 0.2) is 23.2 Å². The highest BCUT2D eigenvalue weighted by Crippen LogP contribution is 2.43. The second kappa shape index (κ2) is 11.6. The van der Waals surface area contributed by atoms with Gasteiger partial charge in [0.15, 0.2) is 5.41 Å². The molecule has 4 nitrogen and oxygen atoms in total. The number of rotatable bonds is 8. The van der Waals surface area contributed by atoms with Crippen LogP contribution in [-0.2, 0) is 19.1 Å². The first-order chi connectivity index (χ1) is 12.4. The zero-order chi connectivity index (χ0) is 19.6. The van der Waals surface area contributed by atoms with Gasteiger partial charge >= 0.3 is 11.9 Å². The summed E-state index contributed by atoms with van der Waals surface area (Å²) in [6, 6.07) is 0. The highest BCUT2D eigenvalue weighted by Gasteiger charge is 2.53. The number of carbonyl (C=O) groups excluding carboxylic acids is 2. The molecule has 0 aliphatic heterocycles. The van der Waals surface area contributed by atoms with Gasteiger partial charge in [0.05, 0.1) is 13.2 Å². The number of carbonyl (C=O) groups is 2. The molecule has 0 aromatic heterocycles. The average Bonchev–Trinajstić information content (AvgIpc) is 2.72. The van der Waals surface area contributed by atoms with E-state index in [1.807, 2.05) is 6.92 Å². The molecule has 2 unspecified atom stereocenters. The van der Waals surface area contributed by atoms with Crippen molar-refractivity contribution >= 4 is 27.9 Å². The van der Waals surface area contributed by atoms with Gasteiger partial charge in [-0.25, -0.2) is 0 Å². The Hall–Kier alpha value is -1.10. The lowest BCUT2D eigenvalue weighted by molar-refractivity contribution is -0.176. The fourth-order valence-corrected chi connectivity index (χ4v) is 4.17. The summed E-state index contributed by atoms with van der Waals surface area (Å²) in [4.78, 5) is 26.0. The molecule has 1 rings (SSSR count). The van der Waals surface area contributed by atoms with E-state index in [-0.39, 0.29) is 25.0 Å². The maximum absolute atomic E-state index is 13.0. The summed E-state index contributed by atoms with van der Waals surface area (Å²) in [5.74, 6) is -1.31. The summed E-state index contributed by atoms with van der Waals surface area (Å²) in [7, 11) is 0. The van der Waals surface area contributed by atoms with Crippen LogP contribution in [0.25, 0.3) is 0 Å². The van der Waals surface area contributed by atoms with Crippen LogP contribution in [0.2, 0.25) is 0 Å². The first-order valence-electron chi connectivity index (χ1n) is 9.76. The Morgan fingerprint density at radius 2 is 1.81 bits per heavy atom. The molecule has 0 N–H and O–H groups in total. The number of allylic oxidation sites excluding steroid dienone is 3. The third kappa shape index (κ3) is 5.70. The predicted molar refractivity (Wildman–Crippen MR) is 108 cm³/mol. The summed E-state index contributed by atoms with van der Waals surface area (Å²) < 4.78 is 11.7. The molecule has 2 atom stereocenters. The van der Waals surface area contributed by atoms with Crippen LogP contribution in [0.5, 0.6) is 0 Å². The molecule has 0 fully saturated rings. The van der Waals surface area contributed by atoms with E-state index in [4.69, 9.17) is 9.47 Å². The smallest absolute Gasteiger partial charge is 0.324 e. The van der Waals surface area contributed by atoms with Crippen LogP contribution in [0.1, 0.15) is 65.7 Å². The first-order valence-corrected chi connectivity index (χ1v) is 10.6. The normalized spacial score (nSPS) is 22.0. The van der Waals surface area contributed by atoms with Crippen LogP contribution in [0, 0.1) is 17.3 Å². The SMILES string of the molecule is C=CC(C)C(CC1CCCCCC/C=C\1Br)(C(=O)OCC)C(=O)OCC. The van der Waals surface area contributed by atoms with Crippen molar-refractivity contribution in [3.63, 3.8) is 0 Å². The van der Waals surface area contributed by atoms with Gasteiger partial charge in [0.2, 0.25) is 0 Å². The second-order valence-electron chi connectivity index (χ2n) is 6.92. The van der Waals surface area contributed by atoms with E-state index >= 15 is 0 Å². The van der Waals surface area contributed by atoms with Crippen molar-refractivity contribution in [2.75, 3.05) is 13.2 Å². The zero-order valence-corrected chi connectivity index (χ0v) is 18.0. The standard InChI is InChI=1S/C21H33BrO4/c1-5-16(4)21(19(23)25-6-2,20(24)26-7-3)15-17-13-11-9-8-10-12-14-18(17)22/h5,14,16-17H,1,6-13,15H2,2-4H3/b18-14+. The molecular weight excluding hydrogens is 396 g/mol. The molecule has 0 spiro atoms. The molecule has 0 radical (unpaired) electrons. The monoisotopic (exact) mass is 428 g/mol. The molecule has 0 aromatic carbocycles. The van der Waals surface area contributed by atoms with Crippen LogP contribution in [-0.4, -0.2) is 25.2 Å². The summed E-state index contributed by atoms with van der Waals surface area (Å²) in [5.41, 5.74) is -1.36. The zero-order valence-electron chi connectivity index (χ0n) is 16.4. The van der Waals surface area contributed by atoms with E-state index in [1.54, 1.807) is 19.9 Å². The third-order valence-electron chi connectivity index (χ3n) is 5.21. The number of hydrogen-bond acceptors (Lipinski definition) is 4. The fraction of sp³-hybridized carbons (Fsp3) is 0.714. The van der Waals surface area contributed by atoms with E-state index in [0.717, 1.165) is 23.7 Å². The Labute approximate surface area is 166 Å². The Kier molecular flexibility index (Phi) is 10.2. The van der Waals surface area contributed by atoms with Gasteiger partial charge in [-0.05, 0) is 49.9 Å². The van der Waals surface area contributed by atoms with Crippen molar-refractivity contribution in [2.45, 2.75) is 65.7 Å². The molecule has 0 saturated heterocycles. The van der Waals surface area contributed by atoms with E-state index in [2.05, 4.69) is 28.6 Å². The van der Waals surface area contributed by atoms with Crippen molar-refractivity contribution < 1.29 is 19.1 Å². The van der Waals surface area contributed by atoms with Gasteiger partial charge in [0.1, 0.15) is 0 Å². The van der Waals surface area contributed by atoms with Crippen molar-refractivity contribution in [2.24, 2.45) is 17.3 Å². The topological polar surface area (TPSA) is 52.6 Å². The highest BCUT2D eigenvalue weighted by molar-refractivity contribution is 9.11. The summed E-state index contributed by atoms with van der Waals surface area (Å²) >= 11 is 3.71. The molecule has 5 heteroatoms. The number of hydrogen-bond donors (Lipinski definition) is 0. The molecular formula is C21H33BrO4. The lowest BCUT2D eigenvalue weighted by Crippen LogP contribution is -2.48. The van der Waals surface area contributed by atoms with E-state index < -0.39 is 17.4 Å². The average molecular weight is 429 g/mol. The Morgan fingerprint density at radius 1 is 1.23 bits per heavy atom. The van der Waals surface area contributed by atoms with E-state index in [1.165, 1.54) is 19.3 Å². The molecule has 0 heterocycles. The molecule has 0 aromatic rings. The van der Waals surface area contributed by atoms with Gasteiger partial charge < -0.3 is 9.47 Å². The van der Waals surface area contributed by atoms with E-state index in [9.17, 15) is 9.59 Å². The number of esters is 2. The minimum absolute atomic E-state index is 0.0873. The fourth-order valence-electron chi connectivity index (χ4n) is 3.55. The molecule has 1 aliphatic carbocycles. The molecule has 0 saturated carbocycles. The second-order valence-corrected chi connectivity index (χ2v) is 7.83. The van der Waals surface area contributed by atoms with Crippen molar-refractivity contribution in [3.05, 3.63) is 23.2 Å². The Morgan fingerprint density at radius 3 is 2.35 bits per heavy atom. The van der Waals surface area contributed by atoms with Crippen LogP contribution >= 0.6 is 15.9 Å². The van der Waals surface area contributed by atoms with E-state index in [0.29, 0.717) is 6.42 Å². The van der Waals surface area contributed by atoms with Gasteiger partial charge in [-0.1, -0.05) is 54.3 Å². The Balaban J connectivity index is 3.30. The molecule has 1 aliphatic rings. The quantitative estimate of drug-likeness (QED) is 0.288. The summed E-state index contributed by atoms with van der Waals surface area (Å²) in [5, 5.41) is 0. The predicted octanol–water partition coefficient (Wildman–Crippen LogP) is 5.56. The van der Waals surface area contributed by atoms with Crippen molar-refractivity contribution in [1.29, 1.82) is 0 Å². The minimum Gasteiger partial charge on any atom is -0.465 e. The molecule has 0 amide bonds. The summed E-state index contributed by atoms with van der Waals surface area (Å²) in [6.45, 7) is 9.63. The molecule has 26 heavy (non-hydrogen) atoms. The van der Waals surface area contributed by atoms with Crippen molar-refractivity contribution in [1.82, 2.24) is 0 Å². The number of halogens is 1. The molecule has 0 bridgehead atoms. The largest absolute Gasteiger partial charge is 0.465 e. The Bertz CT molecular complexity index is 494. The van der Waals surface area contributed by atoms with Crippen LogP contribution in [0.4, 0.5) is 0 Å². The maximum Gasteiger partial charge on any atom is 0.324 e. The van der Waals surface area contributed by atoms with Crippen LogP contribution < -0.4 is 0 Å². The lowest BCUT2D eigenvalue weighted by Gasteiger charge is -2.36. The van der Waals surface area contributed by atoms with Crippen LogP contribution in [0.3, 0.4) is 0 Å². The molecule has 148 valence electrons. The highest BCUT2D eigenvalue weighted by atomic mass is 79.9. The minimum atomic E-state index is -1.36. The third-order valence-corrected chi connectivity index (χ3v) is 6.19. The van der Waals surface area contributed by atoms with Gasteiger partial charge in [0.25, 0.3) is 0 Å². The van der Waals surface area contributed by atoms with Gasteiger partial charge in [-0.3, -0.25) is 9.59 Å². The maximum atomic E-state index is 13.0.